The first kappa shape index (κ1) is 10.5. The number of hydrogen-bond donors (Lipinski definition) is 1. The molecule has 0 rings (SSSR count). The summed E-state index contributed by atoms with van der Waals surface area (Å²) in [5.41, 5.74) is 0. The van der Waals surface area contributed by atoms with Crippen molar-refractivity contribution in [1.82, 2.24) is 0 Å². The summed E-state index contributed by atoms with van der Waals surface area (Å²) in [6.07, 6.45) is 4.34. The largest absolute Gasteiger partial charge is 0.499 e. The summed E-state index contributed by atoms with van der Waals surface area (Å²) in [5.74, 6) is 0.679. The molecular formula is C9H18O2. The van der Waals surface area contributed by atoms with Gasteiger partial charge in [-0.25, -0.2) is 0 Å². The summed E-state index contributed by atoms with van der Waals surface area (Å²) in [6.45, 7) is 3.98. The highest BCUT2D eigenvalue weighted by atomic mass is 16.5. The van der Waals surface area contributed by atoms with E-state index in [9.17, 15) is 5.11 Å². The van der Waals surface area contributed by atoms with Gasteiger partial charge in [-0.05, 0) is 19.4 Å². The Kier molecular flexibility index (Phi) is 5.94. The van der Waals surface area contributed by atoms with Crippen LogP contribution in [-0.2, 0) is 4.74 Å². The minimum atomic E-state index is -0.412. The van der Waals surface area contributed by atoms with Crippen LogP contribution < -0.4 is 0 Å². The third kappa shape index (κ3) is 4.04. The minimum Gasteiger partial charge on any atom is -0.499 e. The lowest BCUT2D eigenvalue weighted by molar-refractivity contribution is 0.119. The van der Waals surface area contributed by atoms with Crippen molar-refractivity contribution < 1.29 is 9.84 Å². The second-order valence-electron chi connectivity index (χ2n) is 2.55. The molecule has 1 atom stereocenters. The second kappa shape index (κ2) is 6.23. The van der Waals surface area contributed by atoms with Crippen LogP contribution in [0, 0.1) is 0 Å². The average Bonchev–Trinajstić information content (AvgIpc) is 2.03. The molecule has 0 aliphatic heterocycles. The number of methoxy groups -OCH3 is 1. The lowest BCUT2D eigenvalue weighted by Crippen LogP contribution is -2.11. The zero-order valence-corrected chi connectivity index (χ0v) is 7.63. The molecule has 0 saturated heterocycles. The van der Waals surface area contributed by atoms with Crippen molar-refractivity contribution in [2.45, 2.75) is 39.2 Å². The quantitative estimate of drug-likeness (QED) is 0.621. The van der Waals surface area contributed by atoms with Crippen LogP contribution in [0.1, 0.15) is 33.1 Å². The molecule has 0 fully saturated rings. The highest BCUT2D eigenvalue weighted by Gasteiger charge is 2.08. The lowest BCUT2D eigenvalue weighted by Gasteiger charge is -2.12. The van der Waals surface area contributed by atoms with Crippen LogP contribution in [0.5, 0.6) is 0 Å². The lowest BCUT2D eigenvalue weighted by atomic mass is 10.1. The van der Waals surface area contributed by atoms with Gasteiger partial charge < -0.3 is 9.84 Å². The summed E-state index contributed by atoms with van der Waals surface area (Å²) in [6, 6.07) is 0. The van der Waals surface area contributed by atoms with E-state index in [1.54, 1.807) is 13.2 Å². The molecular weight excluding hydrogens is 140 g/mol. The predicted octanol–water partition coefficient (Wildman–Crippen LogP) is 2.09. The summed E-state index contributed by atoms with van der Waals surface area (Å²) < 4.78 is 4.97. The van der Waals surface area contributed by atoms with Crippen LogP contribution in [0.4, 0.5) is 0 Å². The Hall–Kier alpha value is -0.500. The van der Waals surface area contributed by atoms with E-state index in [2.05, 4.69) is 6.92 Å². The van der Waals surface area contributed by atoms with E-state index in [4.69, 9.17) is 4.74 Å². The van der Waals surface area contributed by atoms with Gasteiger partial charge in [-0.15, -0.1) is 0 Å². The van der Waals surface area contributed by atoms with Gasteiger partial charge in [0, 0.05) is 0 Å². The molecule has 0 aliphatic rings. The summed E-state index contributed by atoms with van der Waals surface area (Å²) in [5, 5.41) is 9.45. The number of rotatable bonds is 5. The fourth-order valence-corrected chi connectivity index (χ4v) is 0.986. The fourth-order valence-electron chi connectivity index (χ4n) is 0.986. The summed E-state index contributed by atoms with van der Waals surface area (Å²) in [7, 11) is 1.59. The molecule has 11 heavy (non-hydrogen) atoms. The monoisotopic (exact) mass is 158 g/mol. The minimum absolute atomic E-state index is 0.412. The third-order valence-corrected chi connectivity index (χ3v) is 1.68. The van der Waals surface area contributed by atoms with Gasteiger partial charge in [0.1, 0.15) is 11.9 Å². The Bertz CT molecular complexity index is 119. The second-order valence-corrected chi connectivity index (χ2v) is 2.55. The molecule has 66 valence electrons. The molecule has 2 heteroatoms. The number of ether oxygens (including phenoxy) is 1. The van der Waals surface area contributed by atoms with E-state index in [0.717, 1.165) is 19.3 Å². The van der Waals surface area contributed by atoms with E-state index in [0.29, 0.717) is 5.76 Å². The standard InChI is InChI=1S/C9H18O2/c1-4-6-7-8(10)9(5-2)11-3/h5,8,10H,4,6-7H2,1-3H3. The highest BCUT2D eigenvalue weighted by molar-refractivity contribution is 4.97. The Labute approximate surface area is 68.9 Å². The van der Waals surface area contributed by atoms with Crippen molar-refractivity contribution in [1.29, 1.82) is 0 Å². The Balaban J connectivity index is 3.70. The molecule has 0 aromatic heterocycles. The molecule has 1 N–H and O–H groups in total. The van der Waals surface area contributed by atoms with E-state index < -0.39 is 6.10 Å². The van der Waals surface area contributed by atoms with Gasteiger partial charge in [0.25, 0.3) is 0 Å². The van der Waals surface area contributed by atoms with Gasteiger partial charge in [-0.3, -0.25) is 0 Å². The van der Waals surface area contributed by atoms with Crippen LogP contribution >= 0.6 is 0 Å². The number of aliphatic hydroxyl groups excluding tert-OH is 1. The smallest absolute Gasteiger partial charge is 0.120 e. The van der Waals surface area contributed by atoms with Crippen molar-refractivity contribution >= 4 is 0 Å². The number of hydrogen-bond acceptors (Lipinski definition) is 2. The number of allylic oxidation sites excluding steroid dienone is 1. The fraction of sp³-hybridized carbons (Fsp3) is 0.778. The summed E-state index contributed by atoms with van der Waals surface area (Å²) in [4.78, 5) is 0. The van der Waals surface area contributed by atoms with Crippen molar-refractivity contribution in [3.63, 3.8) is 0 Å². The zero-order chi connectivity index (χ0) is 8.69. The van der Waals surface area contributed by atoms with Crippen LogP contribution in [0.3, 0.4) is 0 Å². The van der Waals surface area contributed by atoms with E-state index >= 15 is 0 Å². The van der Waals surface area contributed by atoms with Crippen LogP contribution in [0.15, 0.2) is 11.8 Å². The molecule has 0 aromatic rings. The molecule has 0 saturated carbocycles. The first-order valence-corrected chi connectivity index (χ1v) is 4.14. The maximum atomic E-state index is 9.45. The average molecular weight is 158 g/mol. The maximum Gasteiger partial charge on any atom is 0.120 e. The van der Waals surface area contributed by atoms with Crippen molar-refractivity contribution in [2.24, 2.45) is 0 Å². The van der Waals surface area contributed by atoms with Gasteiger partial charge in [0.15, 0.2) is 0 Å². The van der Waals surface area contributed by atoms with Gasteiger partial charge in [0.05, 0.1) is 7.11 Å². The van der Waals surface area contributed by atoms with Gasteiger partial charge >= 0.3 is 0 Å². The SMILES string of the molecule is CC=C(OC)C(O)CCCC. The van der Waals surface area contributed by atoms with E-state index in [-0.39, 0.29) is 0 Å². The van der Waals surface area contributed by atoms with Gasteiger partial charge in [-0.2, -0.15) is 0 Å². The Morgan fingerprint density at radius 2 is 2.27 bits per heavy atom. The van der Waals surface area contributed by atoms with E-state index in [1.165, 1.54) is 0 Å². The topological polar surface area (TPSA) is 29.5 Å². The third-order valence-electron chi connectivity index (χ3n) is 1.68. The van der Waals surface area contributed by atoms with Crippen LogP contribution in [0.2, 0.25) is 0 Å². The first-order valence-electron chi connectivity index (χ1n) is 4.14. The maximum absolute atomic E-state index is 9.45. The molecule has 0 heterocycles. The first-order chi connectivity index (χ1) is 5.26. The van der Waals surface area contributed by atoms with Crippen LogP contribution in [-0.4, -0.2) is 18.3 Å². The molecule has 1 unspecified atom stereocenters. The van der Waals surface area contributed by atoms with Crippen LogP contribution in [0.25, 0.3) is 0 Å². The van der Waals surface area contributed by atoms with Gasteiger partial charge in [0.2, 0.25) is 0 Å². The Morgan fingerprint density at radius 3 is 2.64 bits per heavy atom. The predicted molar refractivity (Wildman–Crippen MR) is 46.3 cm³/mol. The van der Waals surface area contributed by atoms with Crippen molar-refractivity contribution in [2.75, 3.05) is 7.11 Å². The molecule has 2 nitrogen and oxygen atoms in total. The Morgan fingerprint density at radius 1 is 1.64 bits per heavy atom. The molecule has 0 aromatic carbocycles. The molecule has 0 aliphatic carbocycles. The molecule has 0 radical (unpaired) electrons. The molecule has 0 spiro atoms. The molecule has 0 bridgehead atoms. The molecule has 0 amide bonds. The summed E-state index contributed by atoms with van der Waals surface area (Å²) >= 11 is 0. The van der Waals surface area contributed by atoms with Crippen molar-refractivity contribution in [3.8, 4) is 0 Å². The zero-order valence-electron chi connectivity index (χ0n) is 7.63. The number of unbranched alkanes of at least 4 members (excludes halogenated alkanes) is 1. The van der Waals surface area contributed by atoms with E-state index in [1.807, 2.05) is 6.92 Å². The normalized spacial score (nSPS) is 14.7. The van der Waals surface area contributed by atoms with Gasteiger partial charge in [-0.1, -0.05) is 19.8 Å². The highest BCUT2D eigenvalue weighted by Crippen LogP contribution is 2.10. The van der Waals surface area contributed by atoms with Crippen molar-refractivity contribution in [3.05, 3.63) is 11.8 Å². The number of aliphatic hydroxyl groups is 1.